The van der Waals surface area contributed by atoms with Crippen molar-refractivity contribution in [1.82, 2.24) is 4.98 Å². The molecule has 0 rings (SSSR count). The molecule has 0 saturated carbocycles. The Morgan fingerprint density at radius 2 is 1.10 bits per heavy atom. The zero-order chi connectivity index (χ0) is 25.3. The number of rotatable bonds is 8. The van der Waals surface area contributed by atoms with Crippen molar-refractivity contribution in [3.63, 3.8) is 0 Å². The van der Waals surface area contributed by atoms with E-state index in [2.05, 4.69) is 107 Å². The van der Waals surface area contributed by atoms with Crippen molar-refractivity contribution in [2.45, 2.75) is 136 Å². The van der Waals surface area contributed by atoms with Gasteiger partial charge in [-0.1, -0.05) is 75.4 Å². The van der Waals surface area contributed by atoms with E-state index in [1.807, 2.05) is 0 Å². The lowest BCUT2D eigenvalue weighted by molar-refractivity contribution is -0.138. The summed E-state index contributed by atoms with van der Waals surface area (Å²) in [5.41, 5.74) is 0. The first-order chi connectivity index (χ1) is 13.3. The van der Waals surface area contributed by atoms with Gasteiger partial charge in [0, 0.05) is 6.42 Å². The SMILES string of the molecule is CC(C)(C)[Si](C)(C)N[C@@H](CCC(=O)O[Si](C)(C)C(C)(C)C)C(=O)O[Si](C)(C)C(C)(C)C. The molecule has 0 radical (unpaired) electrons. The Hall–Kier alpha value is -0.449. The maximum Gasteiger partial charge on any atom is 0.309 e. The van der Waals surface area contributed by atoms with Crippen molar-refractivity contribution in [3.8, 4) is 0 Å². The molecule has 0 aliphatic rings. The van der Waals surface area contributed by atoms with Crippen molar-refractivity contribution in [3.05, 3.63) is 0 Å². The molecule has 184 valence electrons. The third kappa shape index (κ3) is 8.78. The fourth-order valence-electron chi connectivity index (χ4n) is 2.13. The lowest BCUT2D eigenvalue weighted by atomic mass is 10.2. The fourth-order valence-corrected chi connectivity index (χ4v) is 5.62. The standard InChI is InChI=1S/C23H51NO4Si3/c1-21(2,3)29(10,11)24-18(20(26)28-31(14,15)23(7,8)9)16-17-19(25)27-30(12,13)22(4,5)6/h18,24H,16-17H2,1-15H3/t18-/m0/s1. The van der Waals surface area contributed by atoms with Crippen LogP contribution in [-0.2, 0) is 18.4 Å². The van der Waals surface area contributed by atoms with Crippen molar-refractivity contribution in [1.29, 1.82) is 0 Å². The van der Waals surface area contributed by atoms with Crippen LogP contribution in [-0.4, -0.2) is 42.9 Å². The fraction of sp³-hybridized carbons (Fsp3) is 0.913. The zero-order valence-corrected chi connectivity index (χ0v) is 26.1. The van der Waals surface area contributed by atoms with Gasteiger partial charge in [-0.05, 0) is 47.7 Å². The number of hydrogen-bond donors (Lipinski definition) is 1. The Morgan fingerprint density at radius 1 is 0.710 bits per heavy atom. The summed E-state index contributed by atoms with van der Waals surface area (Å²) >= 11 is 0. The average Bonchev–Trinajstić information content (AvgIpc) is 2.46. The second kappa shape index (κ2) is 9.81. The van der Waals surface area contributed by atoms with E-state index in [1.54, 1.807) is 0 Å². The second-order valence-corrected chi connectivity index (χ2v) is 28.0. The Morgan fingerprint density at radius 3 is 1.45 bits per heavy atom. The topological polar surface area (TPSA) is 64.6 Å². The molecule has 0 aromatic rings. The highest BCUT2D eigenvalue weighted by Crippen LogP contribution is 2.39. The van der Waals surface area contributed by atoms with Gasteiger partial charge in [0.05, 0.1) is 6.04 Å². The third-order valence-corrected chi connectivity index (χ3v) is 21.2. The molecule has 5 nitrogen and oxygen atoms in total. The first-order valence-electron chi connectivity index (χ1n) is 11.6. The van der Waals surface area contributed by atoms with Crippen molar-refractivity contribution in [2.75, 3.05) is 0 Å². The first-order valence-corrected chi connectivity index (χ1v) is 20.4. The largest absolute Gasteiger partial charge is 0.519 e. The summed E-state index contributed by atoms with van der Waals surface area (Å²) in [6, 6.07) is -0.498. The van der Waals surface area contributed by atoms with Crippen LogP contribution in [0.15, 0.2) is 0 Å². The normalized spacial score (nSPS) is 15.5. The molecule has 0 heterocycles. The van der Waals surface area contributed by atoms with Gasteiger partial charge < -0.3 is 13.8 Å². The minimum absolute atomic E-state index is 0.0390. The van der Waals surface area contributed by atoms with Crippen LogP contribution in [0.4, 0.5) is 0 Å². The molecular formula is C23H51NO4Si3. The molecule has 0 amide bonds. The molecule has 1 N–H and O–H groups in total. The Balaban J connectivity index is 5.57. The summed E-state index contributed by atoms with van der Waals surface area (Å²) in [5, 5.41) is -0.0433. The summed E-state index contributed by atoms with van der Waals surface area (Å²) in [4.78, 5) is 29.6. The van der Waals surface area contributed by atoms with Crippen LogP contribution in [0, 0.1) is 0 Å². The van der Waals surface area contributed by atoms with Gasteiger partial charge in [0.1, 0.15) is 8.24 Å². The third-order valence-electron chi connectivity index (χ3n) is 7.67. The summed E-state index contributed by atoms with van der Waals surface area (Å²) in [5.74, 6) is -0.440. The molecule has 0 aromatic carbocycles. The Labute approximate surface area is 195 Å². The minimum atomic E-state index is -2.25. The number of carbonyl (C=O) groups excluding carboxylic acids is 2. The lowest BCUT2D eigenvalue weighted by Crippen LogP contribution is -2.60. The molecular weight excluding hydrogens is 439 g/mol. The molecule has 0 aromatic heterocycles. The van der Waals surface area contributed by atoms with Gasteiger partial charge in [-0.15, -0.1) is 0 Å². The molecule has 8 heteroatoms. The van der Waals surface area contributed by atoms with Gasteiger partial charge in [-0.25, -0.2) is 0 Å². The predicted octanol–water partition coefficient (Wildman–Crippen LogP) is 6.83. The van der Waals surface area contributed by atoms with Gasteiger partial charge >= 0.3 is 5.97 Å². The molecule has 0 spiro atoms. The van der Waals surface area contributed by atoms with Gasteiger partial charge in [0.2, 0.25) is 0 Å². The molecule has 0 fully saturated rings. The second-order valence-electron chi connectivity index (χ2n) is 13.5. The average molecular weight is 490 g/mol. The van der Waals surface area contributed by atoms with Gasteiger partial charge in [0.25, 0.3) is 22.6 Å². The summed E-state index contributed by atoms with van der Waals surface area (Å²) in [6.07, 6.45) is 0.610. The molecule has 0 bridgehead atoms. The Kier molecular flexibility index (Phi) is 9.67. The highest BCUT2D eigenvalue weighted by atomic mass is 28.4. The van der Waals surface area contributed by atoms with E-state index < -0.39 is 30.9 Å². The summed E-state index contributed by atoms with van der Waals surface area (Å²) in [6.45, 7) is 32.1. The lowest BCUT2D eigenvalue weighted by Gasteiger charge is -2.41. The minimum Gasteiger partial charge on any atom is -0.519 e. The smallest absolute Gasteiger partial charge is 0.309 e. The van der Waals surface area contributed by atoms with Gasteiger partial charge in [-0.2, -0.15) is 0 Å². The summed E-state index contributed by atoms with van der Waals surface area (Å²) in [7, 11) is -6.41. The van der Waals surface area contributed by atoms with E-state index in [0.29, 0.717) is 6.42 Å². The maximum absolute atomic E-state index is 13.3. The number of hydrogen-bond acceptors (Lipinski definition) is 5. The van der Waals surface area contributed by atoms with Gasteiger partial charge in [0.15, 0.2) is 0 Å². The van der Waals surface area contributed by atoms with Crippen molar-refractivity contribution >= 4 is 36.8 Å². The highest BCUT2D eigenvalue weighted by Gasteiger charge is 2.45. The van der Waals surface area contributed by atoms with Crippen LogP contribution in [0.3, 0.4) is 0 Å². The maximum atomic E-state index is 13.3. The molecule has 0 aliphatic carbocycles. The van der Waals surface area contributed by atoms with Crippen LogP contribution in [0.25, 0.3) is 0 Å². The van der Waals surface area contributed by atoms with Crippen molar-refractivity contribution < 1.29 is 18.4 Å². The van der Waals surface area contributed by atoms with E-state index in [-0.39, 0.29) is 33.5 Å². The molecule has 31 heavy (non-hydrogen) atoms. The van der Waals surface area contributed by atoms with Crippen molar-refractivity contribution in [2.24, 2.45) is 0 Å². The van der Waals surface area contributed by atoms with E-state index in [9.17, 15) is 9.59 Å². The molecule has 0 saturated heterocycles. The molecule has 0 aliphatic heterocycles. The van der Waals surface area contributed by atoms with E-state index in [4.69, 9.17) is 8.85 Å². The molecule has 0 unspecified atom stereocenters. The number of carbonyl (C=O) groups is 2. The van der Waals surface area contributed by atoms with Gasteiger partial charge in [-0.3, -0.25) is 9.59 Å². The quantitative estimate of drug-likeness (QED) is 0.379. The van der Waals surface area contributed by atoms with E-state index in [0.717, 1.165) is 0 Å². The van der Waals surface area contributed by atoms with Crippen LogP contribution in [0.5, 0.6) is 0 Å². The Bertz CT molecular complexity index is 639. The zero-order valence-electron chi connectivity index (χ0n) is 23.1. The van der Waals surface area contributed by atoms with E-state index >= 15 is 0 Å². The number of nitrogens with one attached hydrogen (secondary N) is 1. The summed E-state index contributed by atoms with van der Waals surface area (Å²) < 4.78 is 12.1. The predicted molar refractivity (Wildman–Crippen MR) is 140 cm³/mol. The van der Waals surface area contributed by atoms with Crippen LogP contribution >= 0.6 is 0 Å². The first kappa shape index (κ1) is 30.6. The molecule has 1 atom stereocenters. The van der Waals surface area contributed by atoms with E-state index in [1.165, 1.54) is 0 Å². The van der Waals surface area contributed by atoms with Crippen LogP contribution in [0.1, 0.15) is 75.2 Å². The monoisotopic (exact) mass is 489 g/mol. The van der Waals surface area contributed by atoms with Crippen LogP contribution < -0.4 is 4.98 Å². The van der Waals surface area contributed by atoms with Crippen LogP contribution in [0.2, 0.25) is 54.4 Å². The highest BCUT2D eigenvalue weighted by molar-refractivity contribution is 6.78.